The summed E-state index contributed by atoms with van der Waals surface area (Å²) in [6, 6.07) is 7.72. The van der Waals surface area contributed by atoms with Crippen LogP contribution in [0.25, 0.3) is 0 Å². The fraction of sp³-hybridized carbons (Fsp3) is 0.588. The maximum atomic E-state index is 12.0. The van der Waals surface area contributed by atoms with E-state index in [9.17, 15) is 9.90 Å². The zero-order valence-corrected chi connectivity index (χ0v) is 12.9. The van der Waals surface area contributed by atoms with Crippen LogP contribution in [0.4, 0.5) is 10.5 Å². The molecule has 0 saturated heterocycles. The number of nitrogens with one attached hydrogen (secondary N) is 2. The van der Waals surface area contributed by atoms with E-state index in [0.29, 0.717) is 18.4 Å². The van der Waals surface area contributed by atoms with E-state index in [1.165, 1.54) is 0 Å². The van der Waals surface area contributed by atoms with E-state index < -0.39 is 0 Å². The fourth-order valence-electron chi connectivity index (χ4n) is 2.97. The number of aliphatic hydroxyl groups excluding tert-OH is 1. The molecule has 0 aliphatic heterocycles. The highest BCUT2D eigenvalue weighted by atomic mass is 16.3. The minimum Gasteiger partial charge on any atom is -0.393 e. The predicted molar refractivity (Wildman–Crippen MR) is 85.5 cm³/mol. The Kier molecular flexibility index (Phi) is 5.62. The van der Waals surface area contributed by atoms with Crippen molar-refractivity contribution in [1.29, 1.82) is 0 Å². The molecule has 4 nitrogen and oxygen atoms in total. The molecule has 116 valence electrons. The topological polar surface area (TPSA) is 61.4 Å². The molecule has 1 aromatic carbocycles. The van der Waals surface area contributed by atoms with Gasteiger partial charge in [0.15, 0.2) is 0 Å². The van der Waals surface area contributed by atoms with Gasteiger partial charge in [-0.25, -0.2) is 4.79 Å². The Morgan fingerprint density at radius 3 is 2.81 bits per heavy atom. The number of hydrogen-bond donors (Lipinski definition) is 3. The fourth-order valence-corrected chi connectivity index (χ4v) is 2.97. The summed E-state index contributed by atoms with van der Waals surface area (Å²) in [5, 5.41) is 15.5. The first-order chi connectivity index (χ1) is 10.1. The Morgan fingerprint density at radius 2 is 2.10 bits per heavy atom. The van der Waals surface area contributed by atoms with Gasteiger partial charge >= 0.3 is 6.03 Å². The SMILES string of the molecule is CC(C)c1ccccc1NC(=O)NCC1CCCC(O)C1. The lowest BCUT2D eigenvalue weighted by molar-refractivity contribution is 0.101. The van der Waals surface area contributed by atoms with E-state index in [1.807, 2.05) is 24.3 Å². The van der Waals surface area contributed by atoms with Crippen LogP contribution in [0.5, 0.6) is 0 Å². The minimum absolute atomic E-state index is 0.164. The van der Waals surface area contributed by atoms with Crippen LogP contribution in [0.2, 0.25) is 0 Å². The maximum Gasteiger partial charge on any atom is 0.319 e. The molecule has 2 amide bonds. The highest BCUT2D eigenvalue weighted by Crippen LogP contribution is 2.24. The lowest BCUT2D eigenvalue weighted by Crippen LogP contribution is -2.35. The molecular weight excluding hydrogens is 264 g/mol. The van der Waals surface area contributed by atoms with Gasteiger partial charge in [-0.05, 0) is 42.7 Å². The van der Waals surface area contributed by atoms with Crippen molar-refractivity contribution < 1.29 is 9.90 Å². The van der Waals surface area contributed by atoms with Gasteiger partial charge in [-0.3, -0.25) is 0 Å². The van der Waals surface area contributed by atoms with Gasteiger partial charge in [0.2, 0.25) is 0 Å². The van der Waals surface area contributed by atoms with E-state index in [4.69, 9.17) is 0 Å². The highest BCUT2D eigenvalue weighted by molar-refractivity contribution is 5.90. The zero-order valence-electron chi connectivity index (χ0n) is 12.9. The molecule has 1 aromatic rings. The molecule has 0 aromatic heterocycles. The lowest BCUT2D eigenvalue weighted by atomic mass is 9.87. The molecule has 4 heteroatoms. The standard InChI is InChI=1S/C17H26N2O2/c1-12(2)15-8-3-4-9-16(15)19-17(21)18-11-13-6-5-7-14(20)10-13/h3-4,8-9,12-14,20H,5-7,10-11H2,1-2H3,(H2,18,19,21). The summed E-state index contributed by atoms with van der Waals surface area (Å²) in [7, 11) is 0. The molecular formula is C17H26N2O2. The van der Waals surface area contributed by atoms with Gasteiger partial charge in [0.25, 0.3) is 0 Å². The first-order valence-corrected chi connectivity index (χ1v) is 7.88. The van der Waals surface area contributed by atoms with E-state index in [0.717, 1.165) is 36.9 Å². The normalized spacial score (nSPS) is 22.1. The van der Waals surface area contributed by atoms with Gasteiger partial charge < -0.3 is 15.7 Å². The van der Waals surface area contributed by atoms with Crippen molar-refractivity contribution >= 4 is 11.7 Å². The van der Waals surface area contributed by atoms with Crippen molar-refractivity contribution in [3.05, 3.63) is 29.8 Å². The molecule has 2 unspecified atom stereocenters. The largest absolute Gasteiger partial charge is 0.393 e. The van der Waals surface area contributed by atoms with Crippen LogP contribution in [0.15, 0.2) is 24.3 Å². The second-order valence-corrected chi connectivity index (χ2v) is 6.26. The Labute approximate surface area is 126 Å². The Balaban J connectivity index is 1.84. The van der Waals surface area contributed by atoms with E-state index in [1.54, 1.807) is 0 Å². The van der Waals surface area contributed by atoms with Crippen molar-refractivity contribution in [2.45, 2.75) is 51.6 Å². The number of anilines is 1. The van der Waals surface area contributed by atoms with Crippen LogP contribution in [0, 0.1) is 5.92 Å². The van der Waals surface area contributed by atoms with Crippen molar-refractivity contribution in [2.75, 3.05) is 11.9 Å². The number of aliphatic hydroxyl groups is 1. The summed E-state index contributed by atoms with van der Waals surface area (Å²) in [6.45, 7) is 4.86. The first kappa shape index (κ1) is 15.8. The molecule has 1 aliphatic carbocycles. The molecule has 0 radical (unpaired) electrons. The van der Waals surface area contributed by atoms with Gasteiger partial charge in [-0.1, -0.05) is 38.5 Å². The number of rotatable bonds is 4. The van der Waals surface area contributed by atoms with E-state index >= 15 is 0 Å². The number of benzene rings is 1. The molecule has 21 heavy (non-hydrogen) atoms. The van der Waals surface area contributed by atoms with Gasteiger partial charge in [0.1, 0.15) is 0 Å². The Bertz CT molecular complexity index is 474. The van der Waals surface area contributed by atoms with E-state index in [-0.39, 0.29) is 12.1 Å². The average Bonchev–Trinajstić information content (AvgIpc) is 2.45. The summed E-state index contributed by atoms with van der Waals surface area (Å²) >= 11 is 0. The van der Waals surface area contributed by atoms with Gasteiger partial charge in [-0.15, -0.1) is 0 Å². The highest BCUT2D eigenvalue weighted by Gasteiger charge is 2.20. The molecule has 3 N–H and O–H groups in total. The summed E-state index contributed by atoms with van der Waals surface area (Å²) in [5.41, 5.74) is 2.01. The zero-order chi connectivity index (χ0) is 15.2. The lowest BCUT2D eigenvalue weighted by Gasteiger charge is -2.26. The van der Waals surface area contributed by atoms with E-state index in [2.05, 4.69) is 24.5 Å². The van der Waals surface area contributed by atoms with Gasteiger partial charge in [-0.2, -0.15) is 0 Å². The van der Waals surface area contributed by atoms with Crippen molar-refractivity contribution in [3.63, 3.8) is 0 Å². The number of urea groups is 1. The number of amides is 2. The smallest absolute Gasteiger partial charge is 0.319 e. The number of hydrogen-bond acceptors (Lipinski definition) is 2. The number of carbonyl (C=O) groups is 1. The average molecular weight is 290 g/mol. The molecule has 1 saturated carbocycles. The monoisotopic (exact) mass is 290 g/mol. The number of carbonyl (C=O) groups excluding carboxylic acids is 1. The van der Waals surface area contributed by atoms with Crippen LogP contribution in [0.3, 0.4) is 0 Å². The molecule has 2 atom stereocenters. The summed E-state index contributed by atoms with van der Waals surface area (Å²) in [5.74, 6) is 0.759. The van der Waals surface area contributed by atoms with Crippen LogP contribution >= 0.6 is 0 Å². The third-order valence-corrected chi connectivity index (χ3v) is 4.14. The predicted octanol–water partition coefficient (Wildman–Crippen LogP) is 3.48. The van der Waals surface area contributed by atoms with Crippen molar-refractivity contribution in [3.8, 4) is 0 Å². The molecule has 1 fully saturated rings. The first-order valence-electron chi connectivity index (χ1n) is 7.88. The third-order valence-electron chi connectivity index (χ3n) is 4.14. The second kappa shape index (κ2) is 7.46. The van der Waals surface area contributed by atoms with Crippen LogP contribution in [-0.2, 0) is 0 Å². The Hall–Kier alpha value is -1.55. The third kappa shape index (κ3) is 4.74. The molecule has 1 aliphatic rings. The molecule has 0 spiro atoms. The quantitative estimate of drug-likeness (QED) is 0.795. The van der Waals surface area contributed by atoms with Crippen molar-refractivity contribution in [2.24, 2.45) is 5.92 Å². The van der Waals surface area contributed by atoms with Crippen molar-refractivity contribution in [1.82, 2.24) is 5.32 Å². The summed E-state index contributed by atoms with van der Waals surface area (Å²) in [4.78, 5) is 12.0. The molecule has 0 bridgehead atoms. The van der Waals surface area contributed by atoms with Crippen LogP contribution in [0.1, 0.15) is 51.0 Å². The minimum atomic E-state index is -0.199. The van der Waals surface area contributed by atoms with Crippen LogP contribution in [-0.4, -0.2) is 23.8 Å². The Morgan fingerprint density at radius 1 is 1.33 bits per heavy atom. The molecule has 0 heterocycles. The van der Waals surface area contributed by atoms with Crippen LogP contribution < -0.4 is 10.6 Å². The maximum absolute atomic E-state index is 12.0. The summed E-state index contributed by atoms with van der Waals surface area (Å²) < 4.78 is 0. The number of para-hydroxylation sites is 1. The molecule has 2 rings (SSSR count). The van der Waals surface area contributed by atoms with Gasteiger partial charge in [0, 0.05) is 12.2 Å². The van der Waals surface area contributed by atoms with Gasteiger partial charge in [0.05, 0.1) is 6.10 Å². The second-order valence-electron chi connectivity index (χ2n) is 6.26. The summed E-state index contributed by atoms with van der Waals surface area (Å²) in [6.07, 6.45) is 3.62.